The van der Waals surface area contributed by atoms with Gasteiger partial charge in [-0.3, -0.25) is 10.1 Å². The maximum absolute atomic E-state index is 13.6. The molecule has 2 N–H and O–H groups in total. The smallest absolute Gasteiger partial charge is 0.414 e. The summed E-state index contributed by atoms with van der Waals surface area (Å²) in [5.74, 6) is -0.0374. The Bertz CT molecular complexity index is 777. The predicted octanol–water partition coefficient (Wildman–Crippen LogP) is 1.74. The van der Waals surface area contributed by atoms with E-state index in [1.54, 1.807) is 0 Å². The molecule has 2 rings (SSSR count). The Balaban J connectivity index is 2.25. The van der Waals surface area contributed by atoms with Crippen molar-refractivity contribution >= 4 is 18.0 Å². The van der Waals surface area contributed by atoms with Crippen LogP contribution in [0, 0.1) is 16.7 Å². The Kier molecular flexibility index (Phi) is 11.9. The van der Waals surface area contributed by atoms with Gasteiger partial charge in [0.1, 0.15) is 18.2 Å². The molecule has 1 unspecified atom stereocenters. The second-order valence-corrected chi connectivity index (χ2v) is 10.6. The van der Waals surface area contributed by atoms with Crippen LogP contribution in [0.1, 0.15) is 53.4 Å². The van der Waals surface area contributed by atoms with Crippen LogP contribution < -0.4 is 10.6 Å². The highest BCUT2D eigenvalue weighted by Gasteiger charge is 2.38. The van der Waals surface area contributed by atoms with Crippen LogP contribution in [-0.4, -0.2) is 106 Å². The van der Waals surface area contributed by atoms with E-state index in [1.165, 1.54) is 7.11 Å². The van der Waals surface area contributed by atoms with Crippen LogP contribution in [0.5, 0.6) is 0 Å². The Hall–Kier alpha value is -2.42. The van der Waals surface area contributed by atoms with E-state index in [-0.39, 0.29) is 30.5 Å². The largest absolute Gasteiger partial charge is 0.447 e. The molecule has 1 atom stereocenters. The molecule has 0 aliphatic carbocycles. The van der Waals surface area contributed by atoms with E-state index in [2.05, 4.69) is 28.5 Å². The molecule has 2 fully saturated rings. The SMILES string of the molecule is CCCN1CCC(C#N)(NC(=O)C(CC(C)(C)C)N=C(NC(=O)OCCOC)N2CCOCC2)CC1. The van der Waals surface area contributed by atoms with Crippen LogP contribution in [0.25, 0.3) is 0 Å². The summed E-state index contributed by atoms with van der Waals surface area (Å²) in [5.41, 5.74) is -1.14. The summed E-state index contributed by atoms with van der Waals surface area (Å²) in [4.78, 5) is 35.0. The van der Waals surface area contributed by atoms with Gasteiger partial charge in [-0.1, -0.05) is 27.7 Å². The highest BCUT2D eigenvalue weighted by atomic mass is 16.6. The van der Waals surface area contributed by atoms with Crippen LogP contribution in [0.4, 0.5) is 4.79 Å². The number of ether oxygens (including phenoxy) is 3. The lowest BCUT2D eigenvalue weighted by Gasteiger charge is -2.38. The maximum atomic E-state index is 13.6. The third kappa shape index (κ3) is 9.91. The molecule has 2 amide bonds. The van der Waals surface area contributed by atoms with Gasteiger partial charge in [0.25, 0.3) is 0 Å². The molecule has 0 bridgehead atoms. The summed E-state index contributed by atoms with van der Waals surface area (Å²) in [6.45, 7) is 13.2. The fourth-order valence-corrected chi connectivity index (χ4v) is 4.30. The molecule has 0 radical (unpaired) electrons. The number of alkyl carbamates (subject to hydrolysis) is 1. The van der Waals surface area contributed by atoms with Crippen LogP contribution in [0.2, 0.25) is 0 Å². The summed E-state index contributed by atoms with van der Waals surface area (Å²) in [6.07, 6.45) is 1.98. The normalized spacial score (nSPS) is 19.8. The Morgan fingerprint density at radius 1 is 1.17 bits per heavy atom. The van der Waals surface area contributed by atoms with E-state index in [1.807, 2.05) is 25.7 Å². The van der Waals surface area contributed by atoms with E-state index < -0.39 is 17.7 Å². The molecule has 0 aromatic carbocycles. The summed E-state index contributed by atoms with van der Waals surface area (Å²) >= 11 is 0. The van der Waals surface area contributed by atoms with Crippen molar-refractivity contribution in [3.05, 3.63) is 0 Å². The number of amides is 2. The van der Waals surface area contributed by atoms with Crippen LogP contribution in [0.3, 0.4) is 0 Å². The Labute approximate surface area is 215 Å². The summed E-state index contributed by atoms with van der Waals surface area (Å²) in [5, 5.41) is 15.8. The van der Waals surface area contributed by atoms with Gasteiger partial charge in [0.05, 0.1) is 25.9 Å². The number of hydrogen-bond donors (Lipinski definition) is 2. The number of carbonyl (C=O) groups is 2. The van der Waals surface area contributed by atoms with Gasteiger partial charge in [-0.15, -0.1) is 0 Å². The van der Waals surface area contributed by atoms with Crippen molar-refractivity contribution in [2.24, 2.45) is 10.4 Å². The minimum absolute atomic E-state index is 0.102. The van der Waals surface area contributed by atoms with Gasteiger partial charge in [-0.25, -0.2) is 9.79 Å². The lowest BCUT2D eigenvalue weighted by molar-refractivity contribution is -0.124. The fourth-order valence-electron chi connectivity index (χ4n) is 4.30. The van der Waals surface area contributed by atoms with E-state index in [4.69, 9.17) is 19.2 Å². The average Bonchev–Trinajstić information content (AvgIpc) is 2.84. The van der Waals surface area contributed by atoms with Crippen molar-refractivity contribution in [2.75, 3.05) is 66.3 Å². The zero-order valence-electron chi connectivity index (χ0n) is 22.6. The molecular weight excluding hydrogens is 464 g/mol. The number of piperidine rings is 1. The second kappa shape index (κ2) is 14.4. The first kappa shape index (κ1) is 29.8. The molecule has 0 saturated carbocycles. The van der Waals surface area contributed by atoms with E-state index in [9.17, 15) is 14.9 Å². The average molecular weight is 509 g/mol. The zero-order valence-corrected chi connectivity index (χ0v) is 22.6. The number of likely N-dealkylation sites (tertiary alicyclic amines) is 1. The highest BCUT2D eigenvalue weighted by molar-refractivity contribution is 5.96. The highest BCUT2D eigenvalue weighted by Crippen LogP contribution is 2.26. The van der Waals surface area contributed by atoms with Crippen molar-refractivity contribution < 1.29 is 23.8 Å². The van der Waals surface area contributed by atoms with E-state index in [0.717, 1.165) is 26.1 Å². The number of nitrogens with zero attached hydrogens (tertiary/aromatic N) is 4. The molecule has 11 nitrogen and oxygen atoms in total. The minimum atomic E-state index is -0.918. The standard InChI is InChI=1S/C25H44N6O5/c1-6-9-30-10-7-25(19-26,8-11-30)29-21(32)20(18-24(2,3)4)27-22(31-12-14-35-15-13-31)28-23(33)36-17-16-34-5/h20H,6-18H2,1-5H3,(H,29,32)(H,27,28,33). The van der Waals surface area contributed by atoms with E-state index >= 15 is 0 Å². The van der Waals surface area contributed by atoms with Gasteiger partial charge in [0.15, 0.2) is 0 Å². The predicted molar refractivity (Wildman–Crippen MR) is 136 cm³/mol. The topological polar surface area (TPSA) is 129 Å². The van der Waals surface area contributed by atoms with Gasteiger partial charge in [-0.2, -0.15) is 5.26 Å². The monoisotopic (exact) mass is 508 g/mol. The number of methoxy groups -OCH3 is 1. The third-order valence-corrected chi connectivity index (χ3v) is 6.26. The molecule has 2 aliphatic heterocycles. The first-order chi connectivity index (χ1) is 17.1. The number of nitriles is 1. The molecule has 204 valence electrons. The molecule has 36 heavy (non-hydrogen) atoms. The lowest BCUT2D eigenvalue weighted by Crippen LogP contribution is -2.57. The quantitative estimate of drug-likeness (QED) is 0.274. The number of aliphatic imine (C=N–C) groups is 1. The number of morpholine rings is 1. The van der Waals surface area contributed by atoms with Crippen molar-refractivity contribution in [1.82, 2.24) is 20.4 Å². The minimum Gasteiger partial charge on any atom is -0.447 e. The number of hydrogen-bond acceptors (Lipinski definition) is 8. The fraction of sp³-hybridized carbons (Fsp3) is 0.840. The number of guanidine groups is 1. The van der Waals surface area contributed by atoms with Crippen molar-refractivity contribution in [1.29, 1.82) is 5.26 Å². The maximum Gasteiger partial charge on any atom is 0.414 e. The molecule has 2 heterocycles. The zero-order chi connectivity index (χ0) is 26.6. The van der Waals surface area contributed by atoms with Gasteiger partial charge in [0, 0.05) is 33.3 Å². The Morgan fingerprint density at radius 3 is 2.39 bits per heavy atom. The van der Waals surface area contributed by atoms with Gasteiger partial charge < -0.3 is 29.3 Å². The molecule has 2 saturated heterocycles. The molecule has 11 heteroatoms. The van der Waals surface area contributed by atoms with Gasteiger partial charge >= 0.3 is 6.09 Å². The summed E-state index contributed by atoms with van der Waals surface area (Å²) in [6, 6.07) is 1.58. The van der Waals surface area contributed by atoms with Gasteiger partial charge in [0.2, 0.25) is 11.9 Å². The lowest BCUT2D eigenvalue weighted by atomic mass is 9.85. The van der Waals surface area contributed by atoms with Crippen LogP contribution >= 0.6 is 0 Å². The molecule has 0 aromatic heterocycles. The number of nitrogens with one attached hydrogen (secondary N) is 2. The molecule has 0 spiro atoms. The first-order valence-corrected chi connectivity index (χ1v) is 12.9. The van der Waals surface area contributed by atoms with Gasteiger partial charge in [-0.05, 0) is 37.6 Å². The first-order valence-electron chi connectivity index (χ1n) is 12.9. The second-order valence-electron chi connectivity index (χ2n) is 10.6. The van der Waals surface area contributed by atoms with Crippen LogP contribution in [0.15, 0.2) is 4.99 Å². The van der Waals surface area contributed by atoms with Crippen molar-refractivity contribution in [3.8, 4) is 6.07 Å². The summed E-state index contributed by atoms with van der Waals surface area (Å²) in [7, 11) is 1.53. The van der Waals surface area contributed by atoms with Crippen molar-refractivity contribution in [3.63, 3.8) is 0 Å². The third-order valence-electron chi connectivity index (χ3n) is 6.26. The van der Waals surface area contributed by atoms with Crippen molar-refractivity contribution in [2.45, 2.75) is 65.0 Å². The molecular formula is C25H44N6O5. The molecule has 0 aromatic rings. The number of carbonyl (C=O) groups excluding carboxylic acids is 2. The van der Waals surface area contributed by atoms with E-state index in [0.29, 0.717) is 45.6 Å². The molecule has 2 aliphatic rings. The Morgan fingerprint density at radius 2 is 1.83 bits per heavy atom. The summed E-state index contributed by atoms with van der Waals surface area (Å²) < 4.78 is 15.5. The number of rotatable bonds is 9. The van der Waals surface area contributed by atoms with Crippen LogP contribution in [-0.2, 0) is 19.0 Å².